The van der Waals surface area contributed by atoms with Gasteiger partial charge in [0.2, 0.25) is 0 Å². The van der Waals surface area contributed by atoms with Gasteiger partial charge in [-0.3, -0.25) is 4.79 Å². The molecule has 0 spiro atoms. The van der Waals surface area contributed by atoms with Gasteiger partial charge in [0, 0.05) is 19.6 Å². The van der Waals surface area contributed by atoms with Crippen molar-refractivity contribution in [3.8, 4) is 0 Å². The van der Waals surface area contributed by atoms with Crippen molar-refractivity contribution in [2.75, 3.05) is 32.5 Å². The van der Waals surface area contributed by atoms with Crippen LogP contribution in [0.3, 0.4) is 0 Å². The summed E-state index contributed by atoms with van der Waals surface area (Å²) in [5.74, 6) is 0.482. The number of rotatable bonds is 8. The number of anilines is 1. The molecule has 1 rings (SSSR count). The van der Waals surface area contributed by atoms with E-state index in [1.165, 1.54) is 0 Å². The predicted octanol–water partition coefficient (Wildman–Crippen LogP) is 1.37. The van der Waals surface area contributed by atoms with Crippen LogP contribution in [-0.2, 0) is 0 Å². The van der Waals surface area contributed by atoms with Gasteiger partial charge in [-0.15, -0.1) is 10.2 Å². The van der Waals surface area contributed by atoms with Crippen LogP contribution in [0.4, 0.5) is 5.82 Å². The number of carbonyl (C=O) groups is 1. The first kappa shape index (κ1) is 16.4. The lowest BCUT2D eigenvalue weighted by molar-refractivity contribution is 0.0946. The van der Waals surface area contributed by atoms with E-state index in [2.05, 4.69) is 46.6 Å². The van der Waals surface area contributed by atoms with Gasteiger partial charge in [0.15, 0.2) is 5.69 Å². The summed E-state index contributed by atoms with van der Waals surface area (Å²) in [7, 11) is 3.88. The molecule has 6 heteroatoms. The van der Waals surface area contributed by atoms with Crippen molar-refractivity contribution in [1.82, 2.24) is 20.4 Å². The Morgan fingerprint density at radius 2 is 2.05 bits per heavy atom. The number of nitrogens with one attached hydrogen (secondary N) is 2. The molecule has 0 fully saturated rings. The Hall–Kier alpha value is -1.69. The highest BCUT2D eigenvalue weighted by Crippen LogP contribution is 2.01. The number of carbonyl (C=O) groups excluding carboxylic acids is 1. The van der Waals surface area contributed by atoms with E-state index in [-0.39, 0.29) is 5.91 Å². The molecule has 6 nitrogen and oxygen atoms in total. The highest BCUT2D eigenvalue weighted by molar-refractivity contribution is 5.92. The van der Waals surface area contributed by atoms with E-state index in [0.29, 0.717) is 24.1 Å². The Balaban J connectivity index is 2.22. The normalized spacial score (nSPS) is 10.9. The van der Waals surface area contributed by atoms with E-state index >= 15 is 0 Å². The summed E-state index contributed by atoms with van der Waals surface area (Å²) in [5.41, 5.74) is 0.350. The van der Waals surface area contributed by atoms with Gasteiger partial charge in [-0.25, -0.2) is 0 Å². The van der Waals surface area contributed by atoms with E-state index < -0.39 is 0 Å². The maximum absolute atomic E-state index is 11.8. The standard InChI is InChI=1S/C14H25N5O/c1-11(2)19(4)10-6-5-9-16-14(20)12-7-8-13(15-3)18-17-12/h7-8,11H,5-6,9-10H2,1-4H3,(H,15,18)(H,16,20). The third-order valence-corrected chi connectivity index (χ3v) is 3.26. The van der Waals surface area contributed by atoms with Crippen molar-refractivity contribution < 1.29 is 4.79 Å². The van der Waals surface area contributed by atoms with Crippen LogP contribution >= 0.6 is 0 Å². The molecular formula is C14H25N5O. The molecule has 1 heterocycles. The van der Waals surface area contributed by atoms with Crippen LogP contribution in [0.15, 0.2) is 12.1 Å². The molecule has 0 aliphatic carbocycles. The minimum atomic E-state index is -0.169. The van der Waals surface area contributed by atoms with E-state index in [4.69, 9.17) is 0 Å². The molecule has 0 aliphatic rings. The van der Waals surface area contributed by atoms with Gasteiger partial charge >= 0.3 is 0 Å². The smallest absolute Gasteiger partial charge is 0.271 e. The van der Waals surface area contributed by atoms with Gasteiger partial charge in [0.1, 0.15) is 5.82 Å². The number of nitrogens with zero attached hydrogens (tertiary/aromatic N) is 3. The number of aromatic nitrogens is 2. The zero-order valence-corrected chi connectivity index (χ0v) is 12.8. The summed E-state index contributed by atoms with van der Waals surface area (Å²) in [6.45, 7) is 6.06. The zero-order chi connectivity index (χ0) is 15.0. The second-order valence-electron chi connectivity index (χ2n) is 5.09. The molecule has 0 aliphatic heterocycles. The molecule has 0 radical (unpaired) electrons. The molecule has 0 saturated heterocycles. The lowest BCUT2D eigenvalue weighted by Crippen LogP contribution is -2.29. The average Bonchev–Trinajstić information content (AvgIpc) is 2.46. The van der Waals surface area contributed by atoms with Crippen LogP contribution < -0.4 is 10.6 Å². The van der Waals surface area contributed by atoms with Crippen LogP contribution in [0.25, 0.3) is 0 Å². The highest BCUT2D eigenvalue weighted by atomic mass is 16.1. The SMILES string of the molecule is CNc1ccc(C(=O)NCCCCN(C)C(C)C)nn1. The minimum Gasteiger partial charge on any atom is -0.372 e. The maximum Gasteiger partial charge on any atom is 0.271 e. The summed E-state index contributed by atoms with van der Waals surface area (Å²) in [4.78, 5) is 14.1. The van der Waals surface area contributed by atoms with Crippen molar-refractivity contribution in [1.29, 1.82) is 0 Å². The van der Waals surface area contributed by atoms with Crippen LogP contribution in [0.5, 0.6) is 0 Å². The number of hydrogen-bond donors (Lipinski definition) is 2. The molecule has 0 unspecified atom stereocenters. The van der Waals surface area contributed by atoms with Crippen molar-refractivity contribution in [3.05, 3.63) is 17.8 Å². The van der Waals surface area contributed by atoms with Crippen LogP contribution in [0.2, 0.25) is 0 Å². The fourth-order valence-corrected chi connectivity index (χ4v) is 1.62. The fourth-order valence-electron chi connectivity index (χ4n) is 1.62. The van der Waals surface area contributed by atoms with Crippen molar-refractivity contribution >= 4 is 11.7 Å². The molecular weight excluding hydrogens is 254 g/mol. The van der Waals surface area contributed by atoms with Gasteiger partial charge in [0.05, 0.1) is 0 Å². The zero-order valence-electron chi connectivity index (χ0n) is 12.8. The highest BCUT2D eigenvalue weighted by Gasteiger charge is 2.07. The lowest BCUT2D eigenvalue weighted by atomic mass is 10.2. The van der Waals surface area contributed by atoms with E-state index in [1.54, 1.807) is 19.2 Å². The molecule has 0 aromatic carbocycles. The van der Waals surface area contributed by atoms with E-state index in [9.17, 15) is 4.79 Å². The summed E-state index contributed by atoms with van der Waals surface area (Å²) >= 11 is 0. The predicted molar refractivity (Wildman–Crippen MR) is 80.9 cm³/mol. The van der Waals surface area contributed by atoms with Crippen molar-refractivity contribution in [3.63, 3.8) is 0 Å². The summed E-state index contributed by atoms with van der Waals surface area (Å²) in [6, 6.07) is 3.96. The summed E-state index contributed by atoms with van der Waals surface area (Å²) in [6.07, 6.45) is 2.03. The maximum atomic E-state index is 11.8. The number of unbranched alkanes of at least 4 members (excludes halogenated alkanes) is 1. The molecule has 0 saturated carbocycles. The topological polar surface area (TPSA) is 70.2 Å². The lowest BCUT2D eigenvalue weighted by Gasteiger charge is -2.20. The van der Waals surface area contributed by atoms with Gasteiger partial charge in [-0.2, -0.15) is 0 Å². The summed E-state index contributed by atoms with van der Waals surface area (Å²) < 4.78 is 0. The van der Waals surface area contributed by atoms with Gasteiger partial charge in [-0.05, 0) is 52.4 Å². The Labute approximate surface area is 121 Å². The molecule has 1 amide bonds. The first-order valence-corrected chi connectivity index (χ1v) is 7.04. The Morgan fingerprint density at radius 1 is 1.30 bits per heavy atom. The molecule has 20 heavy (non-hydrogen) atoms. The molecule has 1 aromatic heterocycles. The van der Waals surface area contributed by atoms with Crippen LogP contribution in [-0.4, -0.2) is 54.2 Å². The molecule has 2 N–H and O–H groups in total. The van der Waals surface area contributed by atoms with Crippen LogP contribution in [0, 0.1) is 0 Å². The average molecular weight is 279 g/mol. The third-order valence-electron chi connectivity index (χ3n) is 3.26. The van der Waals surface area contributed by atoms with E-state index in [1.807, 2.05) is 0 Å². The Morgan fingerprint density at radius 3 is 2.60 bits per heavy atom. The van der Waals surface area contributed by atoms with Gasteiger partial charge in [0.25, 0.3) is 5.91 Å². The molecule has 0 bridgehead atoms. The third kappa shape index (κ3) is 5.52. The quantitative estimate of drug-likeness (QED) is 0.703. The summed E-state index contributed by atoms with van der Waals surface area (Å²) in [5, 5.41) is 13.5. The molecule has 1 aromatic rings. The second-order valence-corrected chi connectivity index (χ2v) is 5.09. The molecule has 0 atom stereocenters. The van der Waals surface area contributed by atoms with Crippen molar-refractivity contribution in [2.45, 2.75) is 32.7 Å². The second kappa shape index (κ2) is 8.47. The van der Waals surface area contributed by atoms with Crippen LogP contribution in [0.1, 0.15) is 37.2 Å². The molecule has 112 valence electrons. The first-order valence-electron chi connectivity index (χ1n) is 7.04. The number of hydrogen-bond acceptors (Lipinski definition) is 5. The minimum absolute atomic E-state index is 0.169. The van der Waals surface area contributed by atoms with Crippen molar-refractivity contribution in [2.24, 2.45) is 0 Å². The Bertz CT molecular complexity index is 405. The van der Waals surface area contributed by atoms with Gasteiger partial charge < -0.3 is 15.5 Å². The first-order chi connectivity index (χ1) is 9.54. The fraction of sp³-hybridized carbons (Fsp3) is 0.643. The van der Waals surface area contributed by atoms with Gasteiger partial charge in [-0.1, -0.05) is 0 Å². The Kier molecular flexibility index (Phi) is 6.93. The largest absolute Gasteiger partial charge is 0.372 e. The monoisotopic (exact) mass is 279 g/mol. The number of amides is 1. The van der Waals surface area contributed by atoms with E-state index in [0.717, 1.165) is 19.4 Å².